The van der Waals surface area contributed by atoms with Crippen LogP contribution in [-0.2, 0) is 4.79 Å². The molecule has 0 bridgehead atoms. The molecule has 3 aromatic rings. The topological polar surface area (TPSA) is 84.2 Å². The number of carbonyl (C=O) groups excluding carboxylic acids is 1. The molecule has 124 valence electrons. The minimum atomic E-state index is -0.0885. The predicted molar refractivity (Wildman–Crippen MR) is 93.4 cm³/mol. The van der Waals surface area contributed by atoms with Gasteiger partial charge in [-0.25, -0.2) is 0 Å². The first-order valence-electron chi connectivity index (χ1n) is 7.52. The maximum atomic E-state index is 12.1. The van der Waals surface area contributed by atoms with Crippen molar-refractivity contribution >= 4 is 34.7 Å². The molecule has 7 nitrogen and oxygen atoms in total. The Labute approximate surface area is 144 Å². The van der Waals surface area contributed by atoms with E-state index in [1.807, 2.05) is 38.1 Å². The lowest BCUT2D eigenvalue weighted by molar-refractivity contribution is -0.115. The van der Waals surface area contributed by atoms with Gasteiger partial charge in [0.15, 0.2) is 11.5 Å². The molecule has 2 heterocycles. The highest BCUT2D eigenvalue weighted by Gasteiger charge is 2.07. The Kier molecular flexibility index (Phi) is 4.61. The molecule has 8 heteroatoms. The van der Waals surface area contributed by atoms with E-state index in [9.17, 15) is 4.79 Å². The van der Waals surface area contributed by atoms with Crippen molar-refractivity contribution in [1.29, 1.82) is 0 Å². The number of amides is 1. The number of hydrogen-bond donors (Lipinski definition) is 2. The SMILES string of the molecule is Cc1c(Cl)cccc1NC(=O)CCNc1ccc2nnc(C)n2n1. The zero-order chi connectivity index (χ0) is 17.1. The molecule has 0 saturated heterocycles. The van der Waals surface area contributed by atoms with Crippen LogP contribution in [0.3, 0.4) is 0 Å². The second-order valence-electron chi connectivity index (χ2n) is 5.37. The smallest absolute Gasteiger partial charge is 0.226 e. The lowest BCUT2D eigenvalue weighted by Crippen LogP contribution is -2.17. The molecule has 0 aliphatic carbocycles. The fourth-order valence-electron chi connectivity index (χ4n) is 2.25. The molecule has 1 aromatic carbocycles. The molecular formula is C16H17ClN6O. The number of anilines is 2. The summed E-state index contributed by atoms with van der Waals surface area (Å²) in [6.07, 6.45) is 0.312. The van der Waals surface area contributed by atoms with Crippen molar-refractivity contribution in [3.8, 4) is 0 Å². The molecule has 0 atom stereocenters. The van der Waals surface area contributed by atoms with Crippen LogP contribution in [0.1, 0.15) is 17.8 Å². The van der Waals surface area contributed by atoms with Crippen molar-refractivity contribution < 1.29 is 4.79 Å². The summed E-state index contributed by atoms with van der Waals surface area (Å²) < 4.78 is 1.65. The standard InChI is InChI=1S/C16H17ClN6O/c1-10-12(17)4-3-5-13(10)19-16(24)8-9-18-14-6-7-15-21-20-11(2)23(15)22-14/h3-7H,8-9H2,1-2H3,(H,18,22)(H,19,24). The maximum absolute atomic E-state index is 12.1. The molecule has 1 amide bonds. The number of aryl methyl sites for hydroxylation is 1. The Morgan fingerprint density at radius 1 is 1.21 bits per heavy atom. The van der Waals surface area contributed by atoms with Crippen LogP contribution in [0.2, 0.25) is 5.02 Å². The number of carbonyl (C=O) groups is 1. The average Bonchev–Trinajstić information content (AvgIpc) is 2.93. The summed E-state index contributed by atoms with van der Waals surface area (Å²) in [7, 11) is 0. The van der Waals surface area contributed by atoms with Crippen LogP contribution in [0.4, 0.5) is 11.5 Å². The minimum absolute atomic E-state index is 0.0885. The second kappa shape index (κ2) is 6.84. The van der Waals surface area contributed by atoms with Crippen LogP contribution in [0.25, 0.3) is 5.65 Å². The fourth-order valence-corrected chi connectivity index (χ4v) is 2.42. The quantitative estimate of drug-likeness (QED) is 0.743. The molecule has 0 fully saturated rings. The molecule has 0 saturated carbocycles. The number of nitrogens with one attached hydrogen (secondary N) is 2. The van der Waals surface area contributed by atoms with Crippen molar-refractivity contribution in [2.75, 3.05) is 17.2 Å². The van der Waals surface area contributed by atoms with Crippen LogP contribution in [-0.4, -0.2) is 32.3 Å². The summed E-state index contributed by atoms with van der Waals surface area (Å²) in [5.74, 6) is 1.29. The predicted octanol–water partition coefficient (Wildman–Crippen LogP) is 2.84. The van der Waals surface area contributed by atoms with Crippen LogP contribution in [0, 0.1) is 13.8 Å². The van der Waals surface area contributed by atoms with Gasteiger partial charge in [0, 0.05) is 23.7 Å². The zero-order valence-corrected chi connectivity index (χ0v) is 14.1. The Morgan fingerprint density at radius 2 is 2.04 bits per heavy atom. The molecule has 2 N–H and O–H groups in total. The van der Waals surface area contributed by atoms with Crippen molar-refractivity contribution in [1.82, 2.24) is 19.8 Å². The van der Waals surface area contributed by atoms with Gasteiger partial charge in [0.2, 0.25) is 5.91 Å². The molecule has 0 aliphatic heterocycles. The average molecular weight is 345 g/mol. The first-order valence-corrected chi connectivity index (χ1v) is 7.90. The van der Waals surface area contributed by atoms with Crippen LogP contribution >= 0.6 is 11.6 Å². The van der Waals surface area contributed by atoms with Gasteiger partial charge in [-0.1, -0.05) is 17.7 Å². The Hall–Kier alpha value is -2.67. The van der Waals surface area contributed by atoms with Crippen molar-refractivity contribution in [3.05, 3.63) is 46.7 Å². The maximum Gasteiger partial charge on any atom is 0.226 e. The Morgan fingerprint density at radius 3 is 2.88 bits per heavy atom. The van der Waals surface area contributed by atoms with Crippen LogP contribution < -0.4 is 10.6 Å². The highest BCUT2D eigenvalue weighted by atomic mass is 35.5. The third kappa shape index (κ3) is 3.46. The Bertz CT molecular complexity index is 891. The number of benzene rings is 1. The minimum Gasteiger partial charge on any atom is -0.368 e. The van der Waals surface area contributed by atoms with E-state index in [1.54, 1.807) is 10.6 Å². The van der Waals surface area contributed by atoms with Gasteiger partial charge in [0.25, 0.3) is 0 Å². The number of hydrogen-bond acceptors (Lipinski definition) is 5. The van der Waals surface area contributed by atoms with Crippen molar-refractivity contribution in [3.63, 3.8) is 0 Å². The van der Waals surface area contributed by atoms with Crippen LogP contribution in [0.5, 0.6) is 0 Å². The van der Waals surface area contributed by atoms with Crippen molar-refractivity contribution in [2.24, 2.45) is 0 Å². The monoisotopic (exact) mass is 344 g/mol. The normalized spacial score (nSPS) is 10.8. The molecule has 0 radical (unpaired) electrons. The molecule has 3 rings (SSSR count). The lowest BCUT2D eigenvalue weighted by atomic mass is 10.2. The number of rotatable bonds is 5. The lowest BCUT2D eigenvalue weighted by Gasteiger charge is -2.10. The number of aromatic nitrogens is 4. The van der Waals surface area contributed by atoms with E-state index in [2.05, 4.69) is 25.9 Å². The van der Waals surface area contributed by atoms with E-state index in [1.165, 1.54) is 0 Å². The van der Waals surface area contributed by atoms with Gasteiger partial charge in [0.05, 0.1) is 0 Å². The second-order valence-corrected chi connectivity index (χ2v) is 5.78. The van der Waals surface area contributed by atoms with E-state index < -0.39 is 0 Å². The van der Waals surface area contributed by atoms with E-state index in [4.69, 9.17) is 11.6 Å². The van der Waals surface area contributed by atoms with Crippen LogP contribution in [0.15, 0.2) is 30.3 Å². The summed E-state index contributed by atoms with van der Waals surface area (Å²) in [6, 6.07) is 9.07. The largest absolute Gasteiger partial charge is 0.368 e. The van der Waals surface area contributed by atoms with E-state index in [-0.39, 0.29) is 5.91 Å². The van der Waals surface area contributed by atoms with Crippen molar-refractivity contribution in [2.45, 2.75) is 20.3 Å². The van der Waals surface area contributed by atoms with Gasteiger partial charge in [-0.2, -0.15) is 4.52 Å². The highest BCUT2D eigenvalue weighted by molar-refractivity contribution is 6.31. The first kappa shape index (κ1) is 16.2. The van der Waals surface area contributed by atoms with Gasteiger partial charge in [-0.05, 0) is 43.7 Å². The summed E-state index contributed by atoms with van der Waals surface area (Å²) in [6.45, 7) is 4.17. The summed E-state index contributed by atoms with van der Waals surface area (Å²) in [4.78, 5) is 12.1. The van der Waals surface area contributed by atoms with Gasteiger partial charge in [0.1, 0.15) is 5.82 Å². The molecule has 24 heavy (non-hydrogen) atoms. The van der Waals surface area contributed by atoms with Gasteiger partial charge >= 0.3 is 0 Å². The molecular weight excluding hydrogens is 328 g/mol. The molecule has 0 spiro atoms. The number of halogens is 1. The number of fused-ring (bicyclic) bond motifs is 1. The molecule has 2 aromatic heterocycles. The Balaban J connectivity index is 1.56. The van der Waals surface area contributed by atoms with E-state index in [0.717, 1.165) is 11.3 Å². The summed E-state index contributed by atoms with van der Waals surface area (Å²) >= 11 is 6.05. The summed E-state index contributed by atoms with van der Waals surface area (Å²) in [5, 5.41) is 18.9. The van der Waals surface area contributed by atoms with Gasteiger partial charge < -0.3 is 10.6 Å². The van der Waals surface area contributed by atoms with Gasteiger partial charge in [-0.15, -0.1) is 15.3 Å². The highest BCUT2D eigenvalue weighted by Crippen LogP contribution is 2.22. The number of nitrogens with zero attached hydrogens (tertiary/aromatic N) is 4. The van der Waals surface area contributed by atoms with E-state index in [0.29, 0.717) is 35.3 Å². The summed E-state index contributed by atoms with van der Waals surface area (Å²) in [5.41, 5.74) is 2.27. The third-order valence-corrected chi connectivity index (χ3v) is 4.03. The fraction of sp³-hybridized carbons (Fsp3) is 0.250. The zero-order valence-electron chi connectivity index (χ0n) is 13.4. The van der Waals surface area contributed by atoms with E-state index >= 15 is 0 Å². The molecule has 0 unspecified atom stereocenters. The third-order valence-electron chi connectivity index (χ3n) is 3.62. The molecule has 0 aliphatic rings. The van der Waals surface area contributed by atoms with Gasteiger partial charge in [-0.3, -0.25) is 4.79 Å². The first-order chi connectivity index (χ1) is 11.5.